The van der Waals surface area contributed by atoms with E-state index in [1.54, 1.807) is 6.08 Å². The van der Waals surface area contributed by atoms with Gasteiger partial charge in [0.05, 0.1) is 12.2 Å². The van der Waals surface area contributed by atoms with Gasteiger partial charge in [0.15, 0.2) is 5.96 Å². The zero-order valence-electron chi connectivity index (χ0n) is 10.0. The maximum atomic E-state index is 11.7. The Morgan fingerprint density at radius 1 is 1.61 bits per heavy atom. The van der Waals surface area contributed by atoms with Crippen LogP contribution >= 0.6 is 15.9 Å². The molecule has 2 amide bonds. The molecule has 96 valence electrons. The van der Waals surface area contributed by atoms with Crippen molar-refractivity contribution in [3.05, 3.63) is 40.9 Å². The van der Waals surface area contributed by atoms with Crippen LogP contribution in [0.1, 0.15) is 5.56 Å². The summed E-state index contributed by atoms with van der Waals surface area (Å²) in [6, 6.07) is 5.20. The van der Waals surface area contributed by atoms with Gasteiger partial charge in [-0.3, -0.25) is 5.32 Å². The lowest BCUT2D eigenvalue weighted by atomic mass is 10.2. The molecule has 18 heavy (non-hydrogen) atoms. The highest BCUT2D eigenvalue weighted by Crippen LogP contribution is 2.25. The van der Waals surface area contributed by atoms with E-state index in [0.29, 0.717) is 12.2 Å². The van der Waals surface area contributed by atoms with E-state index < -0.39 is 6.03 Å². The van der Waals surface area contributed by atoms with Gasteiger partial charge in [0, 0.05) is 4.47 Å². The molecule has 0 bridgehead atoms. The zero-order valence-corrected chi connectivity index (χ0v) is 11.6. The normalized spacial score (nSPS) is 10.9. The fraction of sp³-hybridized carbons (Fsp3) is 0.167. The minimum atomic E-state index is -0.435. The lowest BCUT2D eigenvalue weighted by Crippen LogP contribution is -2.39. The summed E-state index contributed by atoms with van der Waals surface area (Å²) in [6.07, 6.45) is 1.59. The van der Waals surface area contributed by atoms with Gasteiger partial charge in [-0.2, -0.15) is 0 Å². The van der Waals surface area contributed by atoms with Gasteiger partial charge in [-0.1, -0.05) is 18.2 Å². The number of aryl methyl sites for hydroxylation is 1. The number of carbonyl (C=O) groups excluding carboxylic acids is 1. The Morgan fingerprint density at radius 3 is 2.94 bits per heavy atom. The quantitative estimate of drug-likeness (QED) is 0.455. The van der Waals surface area contributed by atoms with Crippen LogP contribution < -0.4 is 16.4 Å². The number of hydrogen-bond acceptors (Lipinski definition) is 2. The van der Waals surface area contributed by atoms with Gasteiger partial charge in [0.1, 0.15) is 0 Å². The summed E-state index contributed by atoms with van der Waals surface area (Å²) >= 11 is 3.37. The first-order valence-electron chi connectivity index (χ1n) is 5.28. The van der Waals surface area contributed by atoms with E-state index in [1.807, 2.05) is 25.1 Å². The summed E-state index contributed by atoms with van der Waals surface area (Å²) in [7, 11) is 0. The van der Waals surface area contributed by atoms with Crippen LogP contribution in [0.15, 0.2) is 40.3 Å². The number of benzene rings is 1. The minimum absolute atomic E-state index is 0.0529. The Balaban J connectivity index is 2.68. The van der Waals surface area contributed by atoms with Crippen molar-refractivity contribution >= 4 is 33.6 Å². The van der Waals surface area contributed by atoms with Crippen LogP contribution in [0.25, 0.3) is 0 Å². The predicted octanol–water partition coefficient (Wildman–Crippen LogP) is 2.38. The van der Waals surface area contributed by atoms with Gasteiger partial charge in [-0.15, -0.1) is 6.58 Å². The molecule has 1 rings (SSSR count). The fourth-order valence-corrected chi connectivity index (χ4v) is 1.82. The number of nitrogens with zero attached hydrogens (tertiary/aromatic N) is 1. The van der Waals surface area contributed by atoms with E-state index in [9.17, 15) is 4.79 Å². The van der Waals surface area contributed by atoms with Crippen LogP contribution in [-0.4, -0.2) is 18.5 Å². The molecule has 0 aromatic heterocycles. The molecule has 0 saturated carbocycles. The maximum absolute atomic E-state index is 11.7. The Labute approximate surface area is 114 Å². The first kappa shape index (κ1) is 14.2. The standard InChI is InChI=1S/C12H15BrN4O/c1-3-7-15-11(14)17-12(18)16-10-8(2)5-4-6-9(10)13/h3-6H,1,7H2,2H3,(H4,14,15,16,17,18). The number of hydrogen-bond donors (Lipinski definition) is 3. The van der Waals surface area contributed by atoms with Crippen LogP contribution in [0.3, 0.4) is 0 Å². The Hall–Kier alpha value is -1.82. The number of carbonyl (C=O) groups is 1. The molecule has 0 aliphatic rings. The van der Waals surface area contributed by atoms with Crippen molar-refractivity contribution in [1.82, 2.24) is 5.32 Å². The Morgan fingerprint density at radius 2 is 2.33 bits per heavy atom. The molecular weight excluding hydrogens is 296 g/mol. The summed E-state index contributed by atoms with van der Waals surface area (Å²) < 4.78 is 0.805. The monoisotopic (exact) mass is 310 g/mol. The van der Waals surface area contributed by atoms with E-state index in [0.717, 1.165) is 10.0 Å². The second-order valence-corrected chi connectivity index (χ2v) is 4.38. The van der Waals surface area contributed by atoms with Crippen LogP contribution in [0.2, 0.25) is 0 Å². The molecule has 0 saturated heterocycles. The second-order valence-electron chi connectivity index (χ2n) is 3.53. The first-order valence-corrected chi connectivity index (χ1v) is 6.08. The summed E-state index contributed by atoms with van der Waals surface area (Å²) in [5.41, 5.74) is 7.15. The van der Waals surface area contributed by atoms with Gasteiger partial charge >= 0.3 is 6.03 Å². The molecule has 0 atom stereocenters. The highest BCUT2D eigenvalue weighted by atomic mass is 79.9. The molecule has 1 aromatic rings. The number of guanidine groups is 1. The van der Waals surface area contributed by atoms with Crippen LogP contribution in [-0.2, 0) is 0 Å². The Kier molecular flexibility index (Phi) is 5.38. The summed E-state index contributed by atoms with van der Waals surface area (Å²) in [5, 5.41) is 5.13. The van der Waals surface area contributed by atoms with Gasteiger partial charge in [-0.05, 0) is 34.5 Å². The number of amides is 2. The van der Waals surface area contributed by atoms with E-state index in [4.69, 9.17) is 5.73 Å². The van der Waals surface area contributed by atoms with Crippen LogP contribution in [0, 0.1) is 6.92 Å². The van der Waals surface area contributed by atoms with Crippen molar-refractivity contribution in [2.45, 2.75) is 6.92 Å². The largest absolute Gasteiger partial charge is 0.370 e. The highest BCUT2D eigenvalue weighted by Gasteiger charge is 2.08. The van der Waals surface area contributed by atoms with Crippen molar-refractivity contribution in [2.75, 3.05) is 11.9 Å². The third-order valence-corrected chi connectivity index (χ3v) is 2.75. The summed E-state index contributed by atoms with van der Waals surface area (Å²) in [4.78, 5) is 15.5. The van der Waals surface area contributed by atoms with E-state index in [2.05, 4.69) is 38.1 Å². The van der Waals surface area contributed by atoms with Crippen molar-refractivity contribution < 1.29 is 4.79 Å². The molecule has 0 radical (unpaired) electrons. The topological polar surface area (TPSA) is 79.5 Å². The number of rotatable bonds is 3. The number of para-hydroxylation sites is 1. The van der Waals surface area contributed by atoms with E-state index >= 15 is 0 Å². The van der Waals surface area contributed by atoms with Gasteiger partial charge in [0.25, 0.3) is 0 Å². The lowest BCUT2D eigenvalue weighted by Gasteiger charge is -2.11. The number of aliphatic imine (C=N–C) groups is 1. The Bertz CT molecular complexity index is 465. The molecule has 5 nitrogen and oxygen atoms in total. The third-order valence-electron chi connectivity index (χ3n) is 2.09. The molecule has 0 spiro atoms. The average Bonchev–Trinajstić information content (AvgIpc) is 2.31. The van der Waals surface area contributed by atoms with Crippen LogP contribution in [0.4, 0.5) is 10.5 Å². The summed E-state index contributed by atoms with van der Waals surface area (Å²) in [6.45, 7) is 5.77. The maximum Gasteiger partial charge on any atom is 0.326 e. The molecule has 4 N–H and O–H groups in total. The molecular formula is C12H15BrN4O. The van der Waals surface area contributed by atoms with Crippen molar-refractivity contribution in [2.24, 2.45) is 10.7 Å². The van der Waals surface area contributed by atoms with Crippen molar-refractivity contribution in [3.8, 4) is 0 Å². The van der Waals surface area contributed by atoms with Crippen molar-refractivity contribution in [1.29, 1.82) is 0 Å². The number of urea groups is 1. The predicted molar refractivity (Wildman–Crippen MR) is 77.7 cm³/mol. The minimum Gasteiger partial charge on any atom is -0.370 e. The van der Waals surface area contributed by atoms with Gasteiger partial charge in [0.2, 0.25) is 0 Å². The molecule has 0 aliphatic carbocycles. The lowest BCUT2D eigenvalue weighted by molar-refractivity contribution is 0.256. The first-order chi connectivity index (χ1) is 8.54. The third kappa shape index (κ3) is 4.21. The second kappa shape index (κ2) is 6.80. The molecule has 0 unspecified atom stereocenters. The van der Waals surface area contributed by atoms with E-state index in [-0.39, 0.29) is 5.96 Å². The molecule has 1 aromatic carbocycles. The molecule has 6 heteroatoms. The smallest absolute Gasteiger partial charge is 0.326 e. The number of halogens is 1. The van der Waals surface area contributed by atoms with Gasteiger partial charge in [-0.25, -0.2) is 9.79 Å². The molecule has 0 aliphatic heterocycles. The molecule has 0 heterocycles. The number of nitrogens with one attached hydrogen (secondary N) is 2. The van der Waals surface area contributed by atoms with E-state index in [1.165, 1.54) is 0 Å². The zero-order chi connectivity index (χ0) is 13.5. The summed E-state index contributed by atoms with van der Waals surface area (Å²) in [5.74, 6) is 0.0529. The average molecular weight is 311 g/mol. The molecule has 0 fully saturated rings. The SMILES string of the molecule is C=CCN=C(N)NC(=O)Nc1c(C)cccc1Br. The van der Waals surface area contributed by atoms with Crippen molar-refractivity contribution in [3.63, 3.8) is 0 Å². The number of anilines is 1. The number of nitrogens with two attached hydrogens (primary N) is 1. The van der Waals surface area contributed by atoms with Crippen LogP contribution in [0.5, 0.6) is 0 Å². The van der Waals surface area contributed by atoms with Gasteiger partial charge < -0.3 is 11.1 Å². The highest BCUT2D eigenvalue weighted by molar-refractivity contribution is 9.10. The fourth-order valence-electron chi connectivity index (χ4n) is 1.25.